The van der Waals surface area contributed by atoms with E-state index in [9.17, 15) is 14.4 Å². The molecule has 10 radical (unpaired) electrons. The van der Waals surface area contributed by atoms with Crippen LogP contribution in [0.1, 0.15) is 5.82 Å². The fourth-order valence-electron chi connectivity index (χ4n) is 3.06. The fraction of sp³-hybridized carbons (Fsp3) is 0.286. The van der Waals surface area contributed by atoms with Crippen LogP contribution in [0, 0.1) is 6.92 Å². The fourth-order valence-corrected chi connectivity index (χ4v) is 3.06. The Morgan fingerprint density at radius 2 is 1.69 bits per heavy atom. The Labute approximate surface area is 155 Å². The lowest BCUT2D eigenvalue weighted by Crippen LogP contribution is -2.71. The van der Waals surface area contributed by atoms with Crippen LogP contribution in [0.3, 0.4) is 0 Å². The molecule has 1 fully saturated rings. The number of fused-ring (bicyclic) bond motifs is 1. The third-order valence-corrected chi connectivity index (χ3v) is 4.71. The SMILES string of the molecule is [B]C1([B])C(=O)NC(=O)C([B])(n2c(C)nc3cccc(N)c3c2=O)C1([B])[B]. The van der Waals surface area contributed by atoms with Crippen LogP contribution in [0.2, 0.25) is 10.4 Å². The number of hydrogen-bond donors (Lipinski definition) is 2. The highest BCUT2D eigenvalue weighted by Gasteiger charge is 2.60. The number of piperidine rings is 1. The Hall–Kier alpha value is -2.38. The van der Waals surface area contributed by atoms with Crippen LogP contribution >= 0.6 is 0 Å². The molecule has 3 N–H and O–H groups in total. The van der Waals surface area contributed by atoms with E-state index in [1.54, 1.807) is 12.1 Å². The van der Waals surface area contributed by atoms with Gasteiger partial charge in [-0.25, -0.2) is 4.98 Å². The van der Waals surface area contributed by atoms with Crippen molar-refractivity contribution in [2.24, 2.45) is 0 Å². The first-order valence-electron chi connectivity index (χ1n) is 7.46. The summed E-state index contributed by atoms with van der Waals surface area (Å²) in [6.07, 6.45) is 0. The smallest absolute Gasteiger partial charge is 0.263 e. The molecule has 1 aromatic heterocycles. The summed E-state index contributed by atoms with van der Waals surface area (Å²) in [5, 5.41) is -3.09. The van der Waals surface area contributed by atoms with E-state index >= 15 is 0 Å². The number of carbonyl (C=O) groups is 2. The first-order valence-corrected chi connectivity index (χ1v) is 7.46. The molecule has 0 aliphatic carbocycles. The van der Waals surface area contributed by atoms with Crippen molar-refractivity contribution in [1.82, 2.24) is 14.9 Å². The van der Waals surface area contributed by atoms with E-state index in [2.05, 4.69) is 4.98 Å². The number of hydrogen-bond acceptors (Lipinski definition) is 5. The molecule has 7 nitrogen and oxygen atoms in total. The van der Waals surface area contributed by atoms with Crippen molar-refractivity contribution in [2.45, 2.75) is 22.8 Å². The lowest BCUT2D eigenvalue weighted by atomic mass is 9.21. The quantitative estimate of drug-likeness (QED) is 0.345. The second-order valence-electron chi connectivity index (χ2n) is 6.33. The molecule has 26 heavy (non-hydrogen) atoms. The van der Waals surface area contributed by atoms with E-state index < -0.39 is 33.2 Å². The van der Waals surface area contributed by atoms with E-state index in [1.165, 1.54) is 13.0 Å². The molecule has 1 aliphatic rings. The van der Waals surface area contributed by atoms with Crippen LogP contribution in [0.5, 0.6) is 0 Å². The lowest BCUT2D eigenvalue weighted by Gasteiger charge is -2.58. The number of rotatable bonds is 1. The molecule has 3 rings (SSSR count). The number of carbonyl (C=O) groups excluding carboxylic acids is 2. The molecule has 0 saturated carbocycles. The standard InChI is InChI=1S/C14H9B5N4O3/c1-5-21-7-4-2-3-6(20)8(7)9(24)23(5)13(17)11(26)22-10(25)12(15,16)14(13,18)19/h2-4H,20H2,1H3,(H,22,25,26). The van der Waals surface area contributed by atoms with Gasteiger partial charge in [0.25, 0.3) is 5.56 Å². The summed E-state index contributed by atoms with van der Waals surface area (Å²) in [5.74, 6) is -2.29. The molecule has 2 aromatic rings. The minimum atomic E-state index is -2.53. The molecule has 0 bridgehead atoms. The third-order valence-electron chi connectivity index (χ3n) is 4.71. The minimum absolute atomic E-state index is 0.00284. The molecule has 1 aliphatic heterocycles. The summed E-state index contributed by atoms with van der Waals surface area (Å²) in [6, 6.07) is 4.65. The summed E-state index contributed by atoms with van der Waals surface area (Å²) in [4.78, 5) is 41.9. The molecular weight excluding hydrogens is 326 g/mol. The molecule has 1 unspecified atom stereocenters. The highest BCUT2D eigenvalue weighted by Crippen LogP contribution is 2.54. The monoisotopic (exact) mass is 336 g/mol. The molecule has 118 valence electrons. The van der Waals surface area contributed by atoms with Crippen molar-refractivity contribution >= 4 is 67.6 Å². The topological polar surface area (TPSA) is 107 Å². The lowest BCUT2D eigenvalue weighted by molar-refractivity contribution is -0.139. The van der Waals surface area contributed by atoms with Crippen molar-refractivity contribution in [1.29, 1.82) is 0 Å². The van der Waals surface area contributed by atoms with Gasteiger partial charge in [0, 0.05) is 5.69 Å². The summed E-state index contributed by atoms with van der Waals surface area (Å²) in [5.41, 5.74) is 2.95. The number of aromatic nitrogens is 2. The zero-order chi connectivity index (χ0) is 19.7. The predicted molar refractivity (Wildman–Crippen MR) is 100 cm³/mol. The molecule has 2 amide bonds. The van der Waals surface area contributed by atoms with Gasteiger partial charge >= 0.3 is 0 Å². The van der Waals surface area contributed by atoms with Gasteiger partial charge in [0.1, 0.15) is 13.7 Å². The summed E-state index contributed by atoms with van der Waals surface area (Å²) < 4.78 is 0.752. The number of nitrogens with two attached hydrogens (primary N) is 1. The maximum absolute atomic E-state index is 13.1. The molecule has 1 saturated heterocycles. The van der Waals surface area contributed by atoms with Crippen molar-refractivity contribution in [3.05, 3.63) is 34.4 Å². The van der Waals surface area contributed by atoms with E-state index in [-0.39, 0.29) is 22.4 Å². The van der Waals surface area contributed by atoms with E-state index in [0.717, 1.165) is 4.57 Å². The molecular formula is C14H9B5N4O3. The Balaban J connectivity index is 2.45. The van der Waals surface area contributed by atoms with E-state index in [1.807, 2.05) is 5.32 Å². The number of benzene rings is 1. The van der Waals surface area contributed by atoms with Gasteiger partial charge in [-0.05, 0) is 24.3 Å². The van der Waals surface area contributed by atoms with Gasteiger partial charge < -0.3 is 5.73 Å². The second kappa shape index (κ2) is 5.31. The van der Waals surface area contributed by atoms with Gasteiger partial charge in [0.2, 0.25) is 11.8 Å². The number of imide groups is 1. The van der Waals surface area contributed by atoms with Crippen molar-refractivity contribution in [2.75, 3.05) is 5.73 Å². The van der Waals surface area contributed by atoms with Crippen LogP contribution in [0.15, 0.2) is 23.0 Å². The Morgan fingerprint density at radius 1 is 1.08 bits per heavy atom. The molecule has 12 heteroatoms. The largest absolute Gasteiger partial charge is 0.398 e. The van der Waals surface area contributed by atoms with Crippen molar-refractivity contribution < 1.29 is 9.59 Å². The number of nitrogens with one attached hydrogen (secondary N) is 1. The van der Waals surface area contributed by atoms with Gasteiger partial charge in [-0.2, -0.15) is 0 Å². The van der Waals surface area contributed by atoms with Gasteiger partial charge in [0.05, 0.1) is 47.7 Å². The average molecular weight is 335 g/mol. The molecule has 1 aromatic carbocycles. The maximum atomic E-state index is 13.1. The van der Waals surface area contributed by atoms with Crippen LogP contribution in [0.25, 0.3) is 10.9 Å². The van der Waals surface area contributed by atoms with Gasteiger partial charge in [-0.15, -0.1) is 0 Å². The average Bonchev–Trinajstić information content (AvgIpc) is 2.52. The first-order chi connectivity index (χ1) is 11.9. The summed E-state index contributed by atoms with van der Waals surface area (Å²) in [7, 11) is 29.6. The number of nitrogens with zero attached hydrogens (tertiary/aromatic N) is 2. The number of aryl methyl sites for hydroxylation is 1. The Kier molecular flexibility index (Phi) is 3.76. The van der Waals surface area contributed by atoms with Crippen LogP contribution in [-0.4, -0.2) is 60.6 Å². The Morgan fingerprint density at radius 3 is 2.31 bits per heavy atom. The van der Waals surface area contributed by atoms with Gasteiger partial charge in [-0.3, -0.25) is 24.3 Å². The van der Waals surface area contributed by atoms with Crippen LogP contribution in [-0.2, 0) is 15.0 Å². The van der Waals surface area contributed by atoms with Gasteiger partial charge in [0.15, 0.2) is 0 Å². The summed E-state index contributed by atoms with van der Waals surface area (Å²) in [6.45, 7) is 1.41. The highest BCUT2D eigenvalue weighted by atomic mass is 16.2. The molecule has 0 spiro atoms. The predicted octanol–water partition coefficient (Wildman–Crippen LogP) is -2.33. The van der Waals surface area contributed by atoms with Crippen molar-refractivity contribution in [3.63, 3.8) is 0 Å². The van der Waals surface area contributed by atoms with E-state index in [4.69, 9.17) is 45.0 Å². The molecule has 2 heterocycles. The Bertz CT molecular complexity index is 1040. The number of amides is 2. The first kappa shape index (κ1) is 18.4. The highest BCUT2D eigenvalue weighted by molar-refractivity contribution is 6.66. The normalized spacial score (nSPS) is 24.3. The van der Waals surface area contributed by atoms with Crippen LogP contribution < -0.4 is 16.6 Å². The van der Waals surface area contributed by atoms with Crippen LogP contribution in [0.4, 0.5) is 5.69 Å². The van der Waals surface area contributed by atoms with Crippen molar-refractivity contribution in [3.8, 4) is 0 Å². The zero-order valence-electron chi connectivity index (χ0n) is 13.8. The number of anilines is 1. The zero-order valence-corrected chi connectivity index (χ0v) is 13.8. The van der Waals surface area contributed by atoms with Gasteiger partial charge in [-0.1, -0.05) is 11.3 Å². The number of nitrogen functional groups attached to an aromatic ring is 1. The molecule has 1 atom stereocenters. The maximum Gasteiger partial charge on any atom is 0.263 e. The second-order valence-corrected chi connectivity index (χ2v) is 6.33. The third kappa shape index (κ3) is 2.01. The minimum Gasteiger partial charge on any atom is -0.398 e. The van der Waals surface area contributed by atoms with E-state index in [0.29, 0.717) is 0 Å². The summed E-state index contributed by atoms with van der Waals surface area (Å²) >= 11 is 0.